The van der Waals surface area contributed by atoms with E-state index in [2.05, 4.69) is 24.4 Å². The van der Waals surface area contributed by atoms with Crippen molar-refractivity contribution in [1.29, 1.82) is 0 Å². The van der Waals surface area contributed by atoms with Crippen LogP contribution in [0.2, 0.25) is 0 Å². The number of rotatable bonds is 7. The van der Waals surface area contributed by atoms with Crippen molar-refractivity contribution in [3.05, 3.63) is 29.3 Å². The molecule has 0 bridgehead atoms. The third-order valence-electron chi connectivity index (χ3n) is 3.55. The minimum atomic E-state index is 0.0396. The molecule has 1 aliphatic heterocycles. The molecule has 5 nitrogen and oxygen atoms in total. The van der Waals surface area contributed by atoms with Crippen molar-refractivity contribution in [1.82, 2.24) is 10.2 Å². The first-order chi connectivity index (χ1) is 10.2. The summed E-state index contributed by atoms with van der Waals surface area (Å²) in [6.07, 6.45) is 1.12. The van der Waals surface area contributed by atoms with E-state index in [1.165, 1.54) is 5.56 Å². The summed E-state index contributed by atoms with van der Waals surface area (Å²) in [4.78, 5) is 13.7. The van der Waals surface area contributed by atoms with Crippen molar-refractivity contribution in [3.63, 3.8) is 0 Å². The van der Waals surface area contributed by atoms with Crippen LogP contribution in [0.5, 0.6) is 5.75 Å². The van der Waals surface area contributed by atoms with Crippen LogP contribution in [0.25, 0.3) is 0 Å². The van der Waals surface area contributed by atoms with Crippen LogP contribution in [0.1, 0.15) is 24.5 Å². The molecule has 1 N–H and O–H groups in total. The van der Waals surface area contributed by atoms with Crippen molar-refractivity contribution in [2.45, 2.75) is 26.4 Å². The Balaban J connectivity index is 2.07. The van der Waals surface area contributed by atoms with Crippen LogP contribution < -0.4 is 10.1 Å². The number of carbonyl (C=O) groups excluding carboxylic acids is 1. The average Bonchev–Trinajstić information content (AvgIpc) is 2.50. The third-order valence-corrected chi connectivity index (χ3v) is 3.55. The first kappa shape index (κ1) is 15.8. The smallest absolute Gasteiger partial charge is 0.248 e. The number of amides is 1. The van der Waals surface area contributed by atoms with E-state index >= 15 is 0 Å². The maximum Gasteiger partial charge on any atom is 0.248 e. The van der Waals surface area contributed by atoms with Gasteiger partial charge in [-0.25, -0.2) is 0 Å². The first-order valence-electron chi connectivity index (χ1n) is 7.46. The van der Waals surface area contributed by atoms with Gasteiger partial charge in [-0.2, -0.15) is 0 Å². The average molecular weight is 292 g/mol. The number of nitrogens with zero attached hydrogens (tertiary/aromatic N) is 1. The van der Waals surface area contributed by atoms with Crippen molar-refractivity contribution in [3.8, 4) is 5.75 Å². The molecule has 0 saturated carbocycles. The van der Waals surface area contributed by atoms with E-state index in [1.807, 2.05) is 11.0 Å². The molecule has 116 valence electrons. The van der Waals surface area contributed by atoms with Crippen molar-refractivity contribution >= 4 is 5.91 Å². The van der Waals surface area contributed by atoms with Gasteiger partial charge in [0, 0.05) is 25.2 Å². The summed E-state index contributed by atoms with van der Waals surface area (Å²) in [6, 6.07) is 6.15. The van der Waals surface area contributed by atoms with Crippen LogP contribution in [0.3, 0.4) is 0 Å². The normalized spacial score (nSPS) is 15.3. The Kier molecular flexibility index (Phi) is 6.02. The van der Waals surface area contributed by atoms with E-state index in [9.17, 15) is 4.79 Å². The molecule has 1 saturated heterocycles. The molecular formula is C16H24N2O3. The highest BCUT2D eigenvalue weighted by molar-refractivity contribution is 5.78. The van der Waals surface area contributed by atoms with Crippen molar-refractivity contribution < 1.29 is 14.3 Å². The highest BCUT2D eigenvalue weighted by Gasteiger charge is 2.20. The molecular weight excluding hydrogens is 268 g/mol. The molecule has 2 rings (SSSR count). The van der Waals surface area contributed by atoms with E-state index in [0.717, 1.165) is 30.8 Å². The molecule has 21 heavy (non-hydrogen) atoms. The Morgan fingerprint density at radius 3 is 3.00 bits per heavy atom. The lowest BCUT2D eigenvalue weighted by Gasteiger charge is -2.27. The molecule has 0 aliphatic carbocycles. The fourth-order valence-corrected chi connectivity index (χ4v) is 2.40. The van der Waals surface area contributed by atoms with Crippen LogP contribution in [0.4, 0.5) is 0 Å². The van der Waals surface area contributed by atoms with Gasteiger partial charge in [-0.05, 0) is 30.7 Å². The van der Waals surface area contributed by atoms with E-state index in [4.69, 9.17) is 9.47 Å². The van der Waals surface area contributed by atoms with Gasteiger partial charge in [-0.1, -0.05) is 13.0 Å². The summed E-state index contributed by atoms with van der Waals surface area (Å²) in [5, 5.41) is 3.39. The summed E-state index contributed by atoms with van der Waals surface area (Å²) < 4.78 is 10.6. The maximum atomic E-state index is 11.8. The Morgan fingerprint density at radius 2 is 2.29 bits per heavy atom. The van der Waals surface area contributed by atoms with Gasteiger partial charge in [0.05, 0.1) is 13.7 Å². The van der Waals surface area contributed by atoms with Gasteiger partial charge in [-0.15, -0.1) is 0 Å². The summed E-state index contributed by atoms with van der Waals surface area (Å²) in [6.45, 7) is 5.99. The number of ether oxygens (including phenoxy) is 2. The molecule has 0 atom stereocenters. The van der Waals surface area contributed by atoms with E-state index in [0.29, 0.717) is 19.7 Å². The molecule has 0 spiro atoms. The van der Waals surface area contributed by atoms with Gasteiger partial charge < -0.3 is 19.7 Å². The van der Waals surface area contributed by atoms with Crippen LogP contribution in [0, 0.1) is 0 Å². The third kappa shape index (κ3) is 4.44. The molecule has 1 aromatic carbocycles. The highest BCUT2D eigenvalue weighted by atomic mass is 16.5. The lowest BCUT2D eigenvalue weighted by Crippen LogP contribution is -2.41. The predicted octanol–water partition coefficient (Wildman–Crippen LogP) is 1.55. The molecule has 1 fully saturated rings. The summed E-state index contributed by atoms with van der Waals surface area (Å²) >= 11 is 0. The molecule has 0 aromatic heterocycles. The fraction of sp³-hybridized carbons (Fsp3) is 0.562. The van der Waals surface area contributed by atoms with Gasteiger partial charge in [0.25, 0.3) is 0 Å². The second-order valence-corrected chi connectivity index (χ2v) is 5.19. The van der Waals surface area contributed by atoms with Gasteiger partial charge >= 0.3 is 0 Å². The van der Waals surface area contributed by atoms with E-state index < -0.39 is 0 Å². The molecule has 0 unspecified atom stereocenters. The van der Waals surface area contributed by atoms with E-state index in [-0.39, 0.29) is 12.5 Å². The Labute approximate surface area is 126 Å². The second-order valence-electron chi connectivity index (χ2n) is 5.19. The number of hydrogen-bond donors (Lipinski definition) is 1. The SMILES string of the molecule is CCCNCc1ccc(OC)c(CN2CCOCC2=O)c1. The Morgan fingerprint density at radius 1 is 1.43 bits per heavy atom. The van der Waals surface area contributed by atoms with Gasteiger partial charge in [0.2, 0.25) is 5.91 Å². The Hall–Kier alpha value is -1.59. The summed E-state index contributed by atoms with van der Waals surface area (Å²) in [5.41, 5.74) is 2.25. The molecule has 1 aliphatic rings. The zero-order chi connectivity index (χ0) is 15.1. The number of benzene rings is 1. The molecule has 5 heteroatoms. The lowest BCUT2D eigenvalue weighted by atomic mass is 10.1. The minimum Gasteiger partial charge on any atom is -0.496 e. The Bertz CT molecular complexity index is 477. The van der Waals surface area contributed by atoms with Crippen LogP contribution in [0.15, 0.2) is 18.2 Å². The molecule has 0 radical (unpaired) electrons. The topological polar surface area (TPSA) is 50.8 Å². The largest absolute Gasteiger partial charge is 0.496 e. The fourth-order valence-electron chi connectivity index (χ4n) is 2.40. The first-order valence-corrected chi connectivity index (χ1v) is 7.46. The standard InChI is InChI=1S/C16H24N2O3/c1-3-6-17-10-13-4-5-15(20-2)14(9-13)11-18-7-8-21-12-16(18)19/h4-5,9,17H,3,6-8,10-12H2,1-2H3. The number of carbonyl (C=O) groups is 1. The molecule has 1 amide bonds. The molecule has 1 heterocycles. The zero-order valence-electron chi connectivity index (χ0n) is 12.9. The maximum absolute atomic E-state index is 11.8. The van der Waals surface area contributed by atoms with Crippen LogP contribution in [-0.4, -0.2) is 44.2 Å². The monoisotopic (exact) mass is 292 g/mol. The molecule has 1 aromatic rings. The van der Waals surface area contributed by atoms with E-state index in [1.54, 1.807) is 7.11 Å². The second kappa shape index (κ2) is 8.00. The summed E-state index contributed by atoms with van der Waals surface area (Å²) in [7, 11) is 1.66. The van der Waals surface area contributed by atoms with Crippen molar-refractivity contribution in [2.24, 2.45) is 0 Å². The van der Waals surface area contributed by atoms with Crippen LogP contribution in [-0.2, 0) is 22.6 Å². The van der Waals surface area contributed by atoms with Crippen molar-refractivity contribution in [2.75, 3.05) is 33.4 Å². The van der Waals surface area contributed by atoms with Crippen LogP contribution >= 0.6 is 0 Å². The van der Waals surface area contributed by atoms with Gasteiger partial charge in [0.15, 0.2) is 0 Å². The quantitative estimate of drug-likeness (QED) is 0.775. The van der Waals surface area contributed by atoms with Gasteiger partial charge in [0.1, 0.15) is 12.4 Å². The lowest BCUT2D eigenvalue weighted by molar-refractivity contribution is -0.143. The number of hydrogen-bond acceptors (Lipinski definition) is 4. The number of morpholine rings is 1. The van der Waals surface area contributed by atoms with Gasteiger partial charge in [-0.3, -0.25) is 4.79 Å². The summed E-state index contributed by atoms with van der Waals surface area (Å²) in [5.74, 6) is 0.867. The predicted molar refractivity (Wildman–Crippen MR) is 81.2 cm³/mol. The number of methoxy groups -OCH3 is 1. The zero-order valence-corrected chi connectivity index (χ0v) is 12.9. The highest BCUT2D eigenvalue weighted by Crippen LogP contribution is 2.22. The minimum absolute atomic E-state index is 0.0396. The number of nitrogens with one attached hydrogen (secondary N) is 1.